The van der Waals surface area contributed by atoms with Gasteiger partial charge in [0, 0.05) is 19.1 Å². The van der Waals surface area contributed by atoms with Crippen LogP contribution in [0.1, 0.15) is 38.5 Å². The van der Waals surface area contributed by atoms with Gasteiger partial charge in [-0.2, -0.15) is 0 Å². The van der Waals surface area contributed by atoms with E-state index in [4.69, 9.17) is 0 Å². The molecule has 0 aromatic rings. The van der Waals surface area contributed by atoms with Gasteiger partial charge in [-0.3, -0.25) is 0 Å². The molecule has 4 nitrogen and oxygen atoms in total. The zero-order valence-corrected chi connectivity index (χ0v) is 10.6. The molecular weight excluding hydrogens is 233 g/mol. The first kappa shape index (κ1) is 11.0. The summed E-state index contributed by atoms with van der Waals surface area (Å²) >= 11 is 0. The van der Waals surface area contributed by atoms with Crippen molar-refractivity contribution >= 4 is 6.03 Å². The molecule has 2 aliphatic heterocycles. The SMILES string of the molecule is O=C(NC1CCN(F)CC1)N1C2CCC3CCC321. The second-order valence-corrected chi connectivity index (χ2v) is 6.32. The van der Waals surface area contributed by atoms with Crippen LogP contribution in [0.2, 0.25) is 0 Å². The fourth-order valence-corrected chi connectivity index (χ4v) is 4.51. The minimum Gasteiger partial charge on any atom is -0.335 e. The van der Waals surface area contributed by atoms with Crippen LogP contribution in [0.4, 0.5) is 9.28 Å². The number of nitrogens with zero attached hydrogens (tertiary/aromatic N) is 2. The molecule has 2 aliphatic carbocycles. The summed E-state index contributed by atoms with van der Waals surface area (Å²) < 4.78 is 12.9. The number of urea groups is 1. The maximum atomic E-state index is 12.9. The number of carbonyl (C=O) groups excluding carboxylic acids is 1. The molecule has 2 saturated heterocycles. The predicted octanol–water partition coefficient (Wildman–Crippen LogP) is 1.67. The first-order valence-electron chi connectivity index (χ1n) is 7.22. The topological polar surface area (TPSA) is 35.4 Å². The fourth-order valence-electron chi connectivity index (χ4n) is 4.51. The Hall–Kier alpha value is -0.840. The molecule has 5 heteroatoms. The Bertz CT molecular complexity index is 382. The van der Waals surface area contributed by atoms with Crippen molar-refractivity contribution in [2.75, 3.05) is 13.1 Å². The maximum absolute atomic E-state index is 12.9. The highest BCUT2D eigenvalue weighted by Crippen LogP contribution is 2.66. The van der Waals surface area contributed by atoms with E-state index in [1.54, 1.807) is 0 Å². The third-order valence-electron chi connectivity index (χ3n) is 5.65. The molecule has 2 amide bonds. The lowest BCUT2D eigenvalue weighted by Gasteiger charge is -2.36. The molecule has 3 atom stereocenters. The number of halogens is 1. The zero-order valence-electron chi connectivity index (χ0n) is 10.6. The Morgan fingerprint density at radius 1 is 1.17 bits per heavy atom. The first-order valence-corrected chi connectivity index (χ1v) is 7.22. The molecule has 4 rings (SSSR count). The van der Waals surface area contributed by atoms with Gasteiger partial charge >= 0.3 is 6.03 Å². The molecule has 0 bridgehead atoms. The van der Waals surface area contributed by atoms with Gasteiger partial charge in [0.2, 0.25) is 0 Å². The third-order valence-corrected chi connectivity index (χ3v) is 5.65. The second kappa shape index (κ2) is 3.59. The Balaban J connectivity index is 1.35. The Kier molecular flexibility index (Phi) is 2.20. The summed E-state index contributed by atoms with van der Waals surface area (Å²) in [7, 11) is 0. The predicted molar refractivity (Wildman–Crippen MR) is 64.6 cm³/mol. The van der Waals surface area contributed by atoms with Crippen LogP contribution < -0.4 is 5.32 Å². The Labute approximate surface area is 106 Å². The van der Waals surface area contributed by atoms with Crippen LogP contribution in [0.5, 0.6) is 0 Å². The summed E-state index contributed by atoms with van der Waals surface area (Å²) in [6.07, 6.45) is 6.49. The number of amides is 2. The second-order valence-electron chi connectivity index (χ2n) is 6.32. The van der Waals surface area contributed by atoms with Crippen LogP contribution in [0.15, 0.2) is 0 Å². The van der Waals surface area contributed by atoms with Gasteiger partial charge in [0.05, 0.1) is 11.6 Å². The number of carbonyl (C=O) groups is 1. The average Bonchev–Trinajstić information content (AvgIpc) is 2.96. The van der Waals surface area contributed by atoms with Crippen molar-refractivity contribution in [3.05, 3.63) is 0 Å². The molecule has 4 fully saturated rings. The Morgan fingerprint density at radius 2 is 1.94 bits per heavy atom. The van der Waals surface area contributed by atoms with Gasteiger partial charge in [0.25, 0.3) is 0 Å². The van der Waals surface area contributed by atoms with Crippen molar-refractivity contribution in [2.24, 2.45) is 5.92 Å². The number of hydrogen-bond acceptors (Lipinski definition) is 2. The van der Waals surface area contributed by atoms with Crippen LogP contribution in [0.3, 0.4) is 0 Å². The largest absolute Gasteiger partial charge is 0.335 e. The number of likely N-dealkylation sites (tertiary alicyclic amines) is 1. The molecule has 18 heavy (non-hydrogen) atoms. The highest BCUT2D eigenvalue weighted by molar-refractivity contribution is 5.80. The minimum absolute atomic E-state index is 0.113. The van der Waals surface area contributed by atoms with E-state index in [-0.39, 0.29) is 17.6 Å². The van der Waals surface area contributed by atoms with Gasteiger partial charge < -0.3 is 10.2 Å². The zero-order chi connectivity index (χ0) is 12.3. The van der Waals surface area contributed by atoms with Crippen molar-refractivity contribution in [2.45, 2.75) is 56.1 Å². The van der Waals surface area contributed by atoms with E-state index >= 15 is 0 Å². The van der Waals surface area contributed by atoms with E-state index in [9.17, 15) is 9.28 Å². The van der Waals surface area contributed by atoms with Gasteiger partial charge in [0.15, 0.2) is 0 Å². The standard InChI is InChI=1S/C13H20FN3O/c14-16-7-4-10(5-8-16)15-12(18)17-11-2-1-9-3-6-13(9,11)17/h9-11H,1-8H2,(H,15,18). The molecule has 0 aromatic carbocycles. The van der Waals surface area contributed by atoms with Gasteiger partial charge in [0.1, 0.15) is 0 Å². The third kappa shape index (κ3) is 1.31. The van der Waals surface area contributed by atoms with Gasteiger partial charge in [-0.15, -0.1) is 9.60 Å². The number of rotatable bonds is 1. The summed E-state index contributed by atoms with van der Waals surface area (Å²) in [5.74, 6) is 0.779. The number of hydrogen-bond donors (Lipinski definition) is 1. The summed E-state index contributed by atoms with van der Waals surface area (Å²) in [5.41, 5.74) is 0.269. The summed E-state index contributed by atoms with van der Waals surface area (Å²) in [5, 5.41) is 3.95. The molecule has 3 unspecified atom stereocenters. The van der Waals surface area contributed by atoms with E-state index in [0.717, 1.165) is 23.9 Å². The van der Waals surface area contributed by atoms with E-state index in [1.807, 2.05) is 0 Å². The van der Waals surface area contributed by atoms with Crippen molar-refractivity contribution in [3.8, 4) is 0 Å². The van der Waals surface area contributed by atoms with Crippen LogP contribution >= 0.6 is 0 Å². The van der Waals surface area contributed by atoms with Crippen molar-refractivity contribution < 1.29 is 9.28 Å². The normalized spacial score (nSPS) is 43.1. The van der Waals surface area contributed by atoms with Crippen LogP contribution in [-0.2, 0) is 0 Å². The first-order chi connectivity index (χ1) is 8.72. The van der Waals surface area contributed by atoms with Gasteiger partial charge in [-0.25, -0.2) is 4.79 Å². The average molecular weight is 253 g/mol. The Morgan fingerprint density at radius 3 is 2.56 bits per heavy atom. The summed E-state index contributed by atoms with van der Waals surface area (Å²) in [6.45, 7) is 0.893. The molecule has 4 aliphatic rings. The van der Waals surface area contributed by atoms with Crippen molar-refractivity contribution in [3.63, 3.8) is 0 Å². The molecule has 100 valence electrons. The quantitative estimate of drug-likeness (QED) is 0.570. The molecule has 1 N–H and O–H groups in total. The lowest BCUT2D eigenvalue weighted by Crippen LogP contribution is -2.48. The van der Waals surface area contributed by atoms with Crippen LogP contribution in [0.25, 0.3) is 0 Å². The monoisotopic (exact) mass is 253 g/mol. The maximum Gasteiger partial charge on any atom is 0.318 e. The van der Waals surface area contributed by atoms with E-state index in [2.05, 4.69) is 10.2 Å². The summed E-state index contributed by atoms with van der Waals surface area (Å²) in [4.78, 5) is 14.4. The molecule has 2 heterocycles. The minimum atomic E-state index is 0.113. The van der Waals surface area contributed by atoms with Gasteiger partial charge in [-0.1, -0.05) is 0 Å². The van der Waals surface area contributed by atoms with E-state index in [0.29, 0.717) is 19.1 Å². The smallest absolute Gasteiger partial charge is 0.318 e. The molecule has 2 saturated carbocycles. The molecule has 1 spiro atoms. The molecular formula is C13H20FN3O. The number of nitrogens with one attached hydrogen (secondary N) is 1. The highest BCUT2D eigenvalue weighted by Gasteiger charge is 2.75. The highest BCUT2D eigenvalue weighted by atomic mass is 19.2. The van der Waals surface area contributed by atoms with Crippen LogP contribution in [0, 0.1) is 5.92 Å². The fraction of sp³-hybridized carbons (Fsp3) is 0.923. The molecule has 0 aromatic heterocycles. The summed E-state index contributed by atoms with van der Waals surface area (Å²) in [6, 6.07) is 0.806. The van der Waals surface area contributed by atoms with E-state index < -0.39 is 0 Å². The van der Waals surface area contributed by atoms with Crippen molar-refractivity contribution in [1.82, 2.24) is 15.3 Å². The lowest BCUT2D eigenvalue weighted by molar-refractivity contribution is -0.00152. The van der Waals surface area contributed by atoms with Crippen molar-refractivity contribution in [1.29, 1.82) is 0 Å². The molecule has 0 radical (unpaired) electrons. The van der Waals surface area contributed by atoms with Gasteiger partial charge in [-0.05, 0) is 44.4 Å². The number of piperidine rings is 2. The van der Waals surface area contributed by atoms with E-state index in [1.165, 1.54) is 25.7 Å². The lowest BCUT2D eigenvalue weighted by atomic mass is 9.74. The van der Waals surface area contributed by atoms with Crippen LogP contribution in [-0.4, -0.2) is 46.8 Å².